The minimum absolute atomic E-state index is 0.0223. The zero-order valence-corrected chi connectivity index (χ0v) is 15.0. The molecule has 1 unspecified atom stereocenters. The summed E-state index contributed by atoms with van der Waals surface area (Å²) in [6.07, 6.45) is 3.09. The molecule has 1 aliphatic rings. The fourth-order valence-electron chi connectivity index (χ4n) is 3.15. The average molecular weight is 353 g/mol. The molecule has 1 amide bonds. The van der Waals surface area contributed by atoms with Crippen LogP contribution in [0.15, 0.2) is 23.4 Å². The van der Waals surface area contributed by atoms with Crippen LogP contribution in [0.25, 0.3) is 0 Å². The number of benzene rings is 1. The van der Waals surface area contributed by atoms with E-state index >= 15 is 0 Å². The molecule has 1 aromatic carbocycles. The minimum Gasteiger partial charge on any atom is -0.410 e. The molecule has 0 bridgehead atoms. The second-order valence-electron chi connectivity index (χ2n) is 5.85. The third-order valence-electron chi connectivity index (χ3n) is 4.42. The predicted octanol–water partition coefficient (Wildman–Crippen LogP) is 3.25. The number of anilines is 2. The van der Waals surface area contributed by atoms with Gasteiger partial charge in [-0.05, 0) is 44.9 Å². The number of hydrogen-bond donors (Lipinski definition) is 2. The van der Waals surface area contributed by atoms with Crippen molar-refractivity contribution in [2.75, 3.05) is 36.4 Å². The number of nitrogens with one attached hydrogen (secondary N) is 1. The summed E-state index contributed by atoms with van der Waals surface area (Å²) in [5.74, 6) is 0.257. The second kappa shape index (κ2) is 8.78. The van der Waals surface area contributed by atoms with Gasteiger partial charge in [0.05, 0.1) is 16.6 Å². The van der Waals surface area contributed by atoms with Gasteiger partial charge in [0.1, 0.15) is 6.34 Å². The van der Waals surface area contributed by atoms with Gasteiger partial charge in [-0.3, -0.25) is 4.79 Å². The van der Waals surface area contributed by atoms with E-state index in [1.807, 2.05) is 30.9 Å². The van der Waals surface area contributed by atoms with Crippen molar-refractivity contribution in [1.29, 1.82) is 0 Å². The number of amides is 1. The third-order valence-corrected chi connectivity index (χ3v) is 4.73. The number of carbonyl (C=O) groups excluding carboxylic acids is 1. The molecule has 1 aromatic rings. The van der Waals surface area contributed by atoms with Crippen LogP contribution in [-0.2, 0) is 4.79 Å². The molecule has 6 nitrogen and oxygen atoms in total. The maximum atomic E-state index is 12.6. The largest absolute Gasteiger partial charge is 0.410 e. The molecule has 7 heteroatoms. The lowest BCUT2D eigenvalue weighted by Gasteiger charge is -2.36. The number of nitrogens with zero attached hydrogens (tertiary/aromatic N) is 3. The van der Waals surface area contributed by atoms with Gasteiger partial charge in [-0.2, -0.15) is 0 Å². The fourth-order valence-corrected chi connectivity index (χ4v) is 3.45. The molecule has 1 atom stereocenters. The van der Waals surface area contributed by atoms with Gasteiger partial charge < -0.3 is 20.3 Å². The van der Waals surface area contributed by atoms with E-state index in [1.54, 1.807) is 6.07 Å². The van der Waals surface area contributed by atoms with Gasteiger partial charge in [-0.25, -0.2) is 0 Å². The number of oxime groups is 1. The molecular weight excluding hydrogens is 328 g/mol. The van der Waals surface area contributed by atoms with E-state index in [-0.39, 0.29) is 11.8 Å². The summed E-state index contributed by atoms with van der Waals surface area (Å²) in [6, 6.07) is 5.59. The summed E-state index contributed by atoms with van der Waals surface area (Å²) >= 11 is 6.40. The normalized spacial score (nSPS) is 18.0. The van der Waals surface area contributed by atoms with Crippen molar-refractivity contribution in [3.63, 3.8) is 0 Å². The fraction of sp³-hybridized carbons (Fsp3) is 0.529. The van der Waals surface area contributed by atoms with Crippen molar-refractivity contribution in [1.82, 2.24) is 4.90 Å². The minimum atomic E-state index is 0.0223. The Bertz CT molecular complexity index is 590. The average Bonchev–Trinajstić information content (AvgIpc) is 2.61. The Hall–Kier alpha value is -1.95. The molecule has 0 aromatic heterocycles. The summed E-state index contributed by atoms with van der Waals surface area (Å²) in [6.45, 7) is 7.12. The summed E-state index contributed by atoms with van der Waals surface area (Å²) in [7, 11) is 0. The van der Waals surface area contributed by atoms with Crippen molar-refractivity contribution >= 4 is 35.2 Å². The van der Waals surface area contributed by atoms with E-state index in [1.165, 1.54) is 6.34 Å². The predicted molar refractivity (Wildman–Crippen MR) is 98.2 cm³/mol. The van der Waals surface area contributed by atoms with E-state index in [2.05, 4.69) is 15.4 Å². The highest BCUT2D eigenvalue weighted by Gasteiger charge is 2.29. The number of carbonyl (C=O) groups is 1. The quantitative estimate of drug-likeness (QED) is 0.357. The van der Waals surface area contributed by atoms with Crippen LogP contribution in [0.3, 0.4) is 0 Å². The van der Waals surface area contributed by atoms with Crippen LogP contribution < -0.4 is 10.2 Å². The van der Waals surface area contributed by atoms with E-state index in [9.17, 15) is 4.79 Å². The van der Waals surface area contributed by atoms with Crippen molar-refractivity contribution in [2.45, 2.75) is 26.7 Å². The monoisotopic (exact) mass is 352 g/mol. The van der Waals surface area contributed by atoms with Crippen LogP contribution in [0.5, 0.6) is 0 Å². The van der Waals surface area contributed by atoms with Crippen LogP contribution >= 0.6 is 11.6 Å². The first kappa shape index (κ1) is 18.4. The Morgan fingerprint density at radius 3 is 2.88 bits per heavy atom. The molecule has 1 aliphatic heterocycles. The Kier molecular flexibility index (Phi) is 6.73. The van der Waals surface area contributed by atoms with E-state index < -0.39 is 0 Å². The van der Waals surface area contributed by atoms with Gasteiger partial charge in [0, 0.05) is 31.9 Å². The van der Waals surface area contributed by atoms with Crippen LogP contribution in [0.4, 0.5) is 11.4 Å². The van der Waals surface area contributed by atoms with Crippen molar-refractivity contribution < 1.29 is 10.0 Å². The molecular formula is C17H25ClN4O2. The molecule has 24 heavy (non-hydrogen) atoms. The van der Waals surface area contributed by atoms with E-state index in [0.29, 0.717) is 11.6 Å². The molecule has 0 spiro atoms. The molecule has 2 rings (SSSR count). The number of piperidine rings is 1. The van der Waals surface area contributed by atoms with Crippen molar-refractivity contribution in [2.24, 2.45) is 11.1 Å². The van der Waals surface area contributed by atoms with Gasteiger partial charge >= 0.3 is 0 Å². The highest BCUT2D eigenvalue weighted by atomic mass is 35.5. The zero-order valence-electron chi connectivity index (χ0n) is 14.2. The van der Waals surface area contributed by atoms with Crippen LogP contribution in [0.2, 0.25) is 5.02 Å². The molecule has 1 fully saturated rings. The topological polar surface area (TPSA) is 68.2 Å². The summed E-state index contributed by atoms with van der Waals surface area (Å²) in [5, 5.41) is 14.8. The summed E-state index contributed by atoms with van der Waals surface area (Å²) < 4.78 is 0. The maximum absolute atomic E-state index is 12.6. The lowest BCUT2D eigenvalue weighted by molar-refractivity contribution is -0.135. The first-order chi connectivity index (χ1) is 11.6. The van der Waals surface area contributed by atoms with Gasteiger partial charge in [0.25, 0.3) is 0 Å². The molecule has 0 radical (unpaired) electrons. The third kappa shape index (κ3) is 4.32. The first-order valence-corrected chi connectivity index (χ1v) is 8.74. The van der Waals surface area contributed by atoms with Crippen LogP contribution in [-0.4, -0.2) is 48.5 Å². The van der Waals surface area contributed by atoms with Gasteiger partial charge in [0.2, 0.25) is 5.91 Å². The number of hydrogen-bond acceptors (Lipinski definition) is 4. The molecule has 1 saturated heterocycles. The standard InChI is InChI=1S/C17H25ClN4O2/c1-3-21(4-2)17(23)13-6-5-9-22(11-13)16-8-7-14(10-15(16)18)19-12-20-24/h7-8,10,12-13,24H,3-6,9,11H2,1-2H3,(H,19,20). The Morgan fingerprint density at radius 1 is 1.50 bits per heavy atom. The molecule has 0 saturated carbocycles. The number of halogens is 1. The molecule has 0 aliphatic carbocycles. The van der Waals surface area contributed by atoms with E-state index in [0.717, 1.165) is 43.9 Å². The Morgan fingerprint density at radius 2 is 2.25 bits per heavy atom. The lowest BCUT2D eigenvalue weighted by atomic mass is 9.96. The molecule has 2 N–H and O–H groups in total. The zero-order chi connectivity index (χ0) is 17.5. The van der Waals surface area contributed by atoms with Crippen LogP contribution in [0.1, 0.15) is 26.7 Å². The second-order valence-corrected chi connectivity index (χ2v) is 6.26. The Labute approximate surface area is 148 Å². The highest BCUT2D eigenvalue weighted by molar-refractivity contribution is 6.33. The van der Waals surface area contributed by atoms with E-state index in [4.69, 9.17) is 16.8 Å². The summed E-state index contributed by atoms with van der Waals surface area (Å²) in [5.41, 5.74) is 1.68. The Balaban J connectivity index is 2.10. The SMILES string of the molecule is CCN(CC)C(=O)C1CCCN(c2ccc(N/C=N/O)cc2Cl)C1. The number of rotatable bonds is 6. The van der Waals surface area contributed by atoms with Gasteiger partial charge in [-0.1, -0.05) is 16.8 Å². The smallest absolute Gasteiger partial charge is 0.227 e. The van der Waals surface area contributed by atoms with Crippen LogP contribution in [0, 0.1) is 5.92 Å². The first-order valence-electron chi connectivity index (χ1n) is 8.36. The van der Waals surface area contributed by atoms with Gasteiger partial charge in [-0.15, -0.1) is 0 Å². The van der Waals surface area contributed by atoms with Crippen molar-refractivity contribution in [3.8, 4) is 0 Å². The molecule has 132 valence electrons. The lowest BCUT2D eigenvalue weighted by Crippen LogP contribution is -2.45. The van der Waals surface area contributed by atoms with Crippen molar-refractivity contribution in [3.05, 3.63) is 23.2 Å². The summed E-state index contributed by atoms with van der Waals surface area (Å²) in [4.78, 5) is 16.7. The molecule has 1 heterocycles. The maximum Gasteiger partial charge on any atom is 0.227 e. The van der Waals surface area contributed by atoms with Gasteiger partial charge in [0.15, 0.2) is 0 Å². The highest BCUT2D eigenvalue weighted by Crippen LogP contribution is 2.32.